The first-order chi connectivity index (χ1) is 10.2. The van der Waals surface area contributed by atoms with Crippen molar-refractivity contribution in [3.63, 3.8) is 0 Å². The summed E-state index contributed by atoms with van der Waals surface area (Å²) < 4.78 is 10.8. The summed E-state index contributed by atoms with van der Waals surface area (Å²) in [7, 11) is 0. The highest BCUT2D eigenvalue weighted by molar-refractivity contribution is 6.30. The topological polar surface area (TPSA) is 61.0 Å². The van der Waals surface area contributed by atoms with Crippen LogP contribution in [0, 0.1) is 6.92 Å². The first kappa shape index (κ1) is 13.6. The Bertz CT molecular complexity index is 744. The van der Waals surface area contributed by atoms with Crippen LogP contribution in [0.1, 0.15) is 11.5 Å². The number of hydrogen-bond acceptors (Lipinski definition) is 5. The standard InChI is InChI=1S/C15H12ClN3O2/c1-10-7-12(16)4-5-13(10)20-9-14-18-15(19-21-14)11-3-2-6-17-8-11/h2-8H,9H2,1H3. The molecular weight excluding hydrogens is 290 g/mol. The third kappa shape index (κ3) is 3.20. The van der Waals surface area contributed by atoms with Gasteiger partial charge in [0.25, 0.3) is 5.89 Å². The molecule has 5 nitrogen and oxygen atoms in total. The summed E-state index contributed by atoms with van der Waals surface area (Å²) in [6.07, 6.45) is 3.37. The zero-order chi connectivity index (χ0) is 14.7. The summed E-state index contributed by atoms with van der Waals surface area (Å²) in [6.45, 7) is 2.13. The molecule has 0 radical (unpaired) electrons. The van der Waals surface area contributed by atoms with Crippen molar-refractivity contribution in [1.82, 2.24) is 15.1 Å². The molecule has 2 heterocycles. The van der Waals surface area contributed by atoms with Crippen molar-refractivity contribution in [2.24, 2.45) is 0 Å². The average Bonchev–Trinajstić information content (AvgIpc) is 2.96. The molecule has 0 saturated heterocycles. The van der Waals surface area contributed by atoms with Crippen LogP contribution in [0.4, 0.5) is 0 Å². The average molecular weight is 302 g/mol. The van der Waals surface area contributed by atoms with Crippen LogP contribution in [0.15, 0.2) is 47.2 Å². The van der Waals surface area contributed by atoms with Crippen LogP contribution >= 0.6 is 11.6 Å². The highest BCUT2D eigenvalue weighted by Gasteiger charge is 2.10. The molecule has 106 valence electrons. The highest BCUT2D eigenvalue weighted by atomic mass is 35.5. The Morgan fingerprint density at radius 3 is 2.95 bits per heavy atom. The largest absolute Gasteiger partial charge is 0.483 e. The minimum absolute atomic E-state index is 0.204. The van der Waals surface area contributed by atoms with Crippen LogP contribution in [0.25, 0.3) is 11.4 Å². The molecule has 3 aromatic rings. The van der Waals surface area contributed by atoms with E-state index in [-0.39, 0.29) is 6.61 Å². The molecule has 1 aromatic carbocycles. The van der Waals surface area contributed by atoms with Gasteiger partial charge in [-0.05, 0) is 42.8 Å². The molecule has 21 heavy (non-hydrogen) atoms. The quantitative estimate of drug-likeness (QED) is 0.735. The van der Waals surface area contributed by atoms with E-state index >= 15 is 0 Å². The maximum absolute atomic E-state index is 5.90. The zero-order valence-corrected chi connectivity index (χ0v) is 12.0. The fourth-order valence-corrected chi connectivity index (χ4v) is 2.07. The first-order valence-electron chi connectivity index (χ1n) is 6.34. The molecular formula is C15H12ClN3O2. The number of aromatic nitrogens is 3. The number of nitrogens with zero attached hydrogens (tertiary/aromatic N) is 3. The molecule has 0 aliphatic heterocycles. The van der Waals surface area contributed by atoms with E-state index < -0.39 is 0 Å². The summed E-state index contributed by atoms with van der Waals surface area (Å²) in [5.74, 6) is 1.64. The lowest BCUT2D eigenvalue weighted by Crippen LogP contribution is -1.97. The Hall–Kier alpha value is -2.40. The van der Waals surface area contributed by atoms with Crippen LogP contribution in [0.5, 0.6) is 5.75 Å². The summed E-state index contributed by atoms with van der Waals surface area (Å²) >= 11 is 5.90. The predicted octanol–water partition coefficient (Wildman–Crippen LogP) is 3.67. The fourth-order valence-electron chi connectivity index (χ4n) is 1.84. The Morgan fingerprint density at radius 1 is 1.29 bits per heavy atom. The molecule has 0 N–H and O–H groups in total. The van der Waals surface area contributed by atoms with Gasteiger partial charge in [-0.2, -0.15) is 4.98 Å². The van der Waals surface area contributed by atoms with Gasteiger partial charge < -0.3 is 9.26 Å². The molecule has 0 unspecified atom stereocenters. The van der Waals surface area contributed by atoms with Crippen molar-refractivity contribution < 1.29 is 9.26 Å². The van der Waals surface area contributed by atoms with Gasteiger partial charge in [0.05, 0.1) is 0 Å². The van der Waals surface area contributed by atoms with Gasteiger partial charge in [0.1, 0.15) is 5.75 Å². The van der Waals surface area contributed by atoms with Crippen molar-refractivity contribution in [3.05, 3.63) is 59.2 Å². The Morgan fingerprint density at radius 2 is 2.19 bits per heavy atom. The van der Waals surface area contributed by atoms with Gasteiger partial charge in [0.2, 0.25) is 5.82 Å². The summed E-state index contributed by atoms with van der Waals surface area (Å²) in [5, 5.41) is 4.59. The van der Waals surface area contributed by atoms with Gasteiger partial charge in [-0.3, -0.25) is 4.98 Å². The molecule has 0 bridgehead atoms. The molecule has 3 rings (SSSR count). The second-order valence-electron chi connectivity index (χ2n) is 4.45. The maximum Gasteiger partial charge on any atom is 0.264 e. The van der Waals surface area contributed by atoms with Crippen LogP contribution in [0.2, 0.25) is 5.02 Å². The Balaban J connectivity index is 1.70. The van der Waals surface area contributed by atoms with Gasteiger partial charge in [0, 0.05) is 23.0 Å². The molecule has 0 amide bonds. The van der Waals surface area contributed by atoms with E-state index in [1.165, 1.54) is 0 Å². The number of halogens is 1. The van der Waals surface area contributed by atoms with E-state index in [1.54, 1.807) is 18.5 Å². The van der Waals surface area contributed by atoms with E-state index in [0.717, 1.165) is 16.9 Å². The lowest BCUT2D eigenvalue weighted by molar-refractivity contribution is 0.242. The Labute approximate surface area is 126 Å². The molecule has 0 aliphatic carbocycles. The lowest BCUT2D eigenvalue weighted by atomic mass is 10.2. The second kappa shape index (κ2) is 5.93. The second-order valence-corrected chi connectivity index (χ2v) is 4.89. The van der Waals surface area contributed by atoms with Crippen LogP contribution in [-0.2, 0) is 6.61 Å². The third-order valence-electron chi connectivity index (χ3n) is 2.88. The van der Waals surface area contributed by atoms with Crippen LogP contribution < -0.4 is 4.74 Å². The monoisotopic (exact) mass is 301 g/mol. The van der Waals surface area contributed by atoms with Gasteiger partial charge in [0.15, 0.2) is 6.61 Å². The van der Waals surface area contributed by atoms with E-state index in [1.807, 2.05) is 31.2 Å². The van der Waals surface area contributed by atoms with Gasteiger partial charge in [-0.1, -0.05) is 16.8 Å². The minimum atomic E-state index is 0.204. The molecule has 0 aliphatic rings. The number of pyridine rings is 1. The van der Waals surface area contributed by atoms with Gasteiger partial charge in [-0.25, -0.2) is 0 Å². The van der Waals surface area contributed by atoms with Crippen molar-refractivity contribution >= 4 is 11.6 Å². The third-order valence-corrected chi connectivity index (χ3v) is 3.11. The smallest absolute Gasteiger partial charge is 0.264 e. The number of ether oxygens (including phenoxy) is 1. The van der Waals surface area contributed by atoms with Crippen molar-refractivity contribution in [2.45, 2.75) is 13.5 Å². The van der Waals surface area contributed by atoms with Gasteiger partial charge >= 0.3 is 0 Å². The molecule has 6 heteroatoms. The lowest BCUT2D eigenvalue weighted by Gasteiger charge is -2.06. The van der Waals surface area contributed by atoms with E-state index in [2.05, 4.69) is 15.1 Å². The van der Waals surface area contributed by atoms with E-state index in [0.29, 0.717) is 16.7 Å². The highest BCUT2D eigenvalue weighted by Crippen LogP contribution is 2.23. The number of benzene rings is 1. The molecule has 0 atom stereocenters. The number of hydrogen-bond donors (Lipinski definition) is 0. The molecule has 2 aromatic heterocycles. The summed E-state index contributed by atoms with van der Waals surface area (Å²) in [5.41, 5.74) is 1.75. The van der Waals surface area contributed by atoms with E-state index in [9.17, 15) is 0 Å². The maximum atomic E-state index is 5.90. The van der Waals surface area contributed by atoms with Gasteiger partial charge in [-0.15, -0.1) is 0 Å². The van der Waals surface area contributed by atoms with Crippen molar-refractivity contribution in [1.29, 1.82) is 0 Å². The van der Waals surface area contributed by atoms with E-state index in [4.69, 9.17) is 20.9 Å². The normalized spacial score (nSPS) is 10.6. The van der Waals surface area contributed by atoms with Crippen molar-refractivity contribution in [2.75, 3.05) is 0 Å². The SMILES string of the molecule is Cc1cc(Cl)ccc1OCc1nc(-c2cccnc2)no1. The molecule has 0 saturated carbocycles. The summed E-state index contributed by atoms with van der Waals surface area (Å²) in [4.78, 5) is 8.29. The fraction of sp³-hybridized carbons (Fsp3) is 0.133. The molecule has 0 spiro atoms. The molecule has 0 fully saturated rings. The minimum Gasteiger partial charge on any atom is -0.483 e. The Kier molecular flexibility index (Phi) is 3.83. The van der Waals surface area contributed by atoms with Crippen LogP contribution in [-0.4, -0.2) is 15.1 Å². The van der Waals surface area contributed by atoms with Crippen molar-refractivity contribution in [3.8, 4) is 17.1 Å². The number of rotatable bonds is 4. The summed E-state index contributed by atoms with van der Waals surface area (Å²) in [6, 6.07) is 9.12. The zero-order valence-electron chi connectivity index (χ0n) is 11.3. The number of aryl methyl sites for hydroxylation is 1. The first-order valence-corrected chi connectivity index (χ1v) is 6.72. The van der Waals surface area contributed by atoms with Crippen LogP contribution in [0.3, 0.4) is 0 Å². The predicted molar refractivity (Wildman–Crippen MR) is 78.1 cm³/mol.